The van der Waals surface area contributed by atoms with Crippen molar-refractivity contribution in [2.45, 2.75) is 0 Å². The molecule has 2 atom stereocenters. The Bertz CT molecular complexity index is 229. The van der Waals surface area contributed by atoms with Gasteiger partial charge in [-0.3, -0.25) is 4.79 Å². The molecule has 0 aromatic rings. The number of carbonyl (C=O) groups is 2. The number of amides is 2. The van der Waals surface area contributed by atoms with E-state index >= 15 is 0 Å². The number of carbonyl (C=O) groups excluding carboxylic acids is 1. The van der Waals surface area contributed by atoms with Crippen LogP contribution in [0.5, 0.6) is 0 Å². The van der Waals surface area contributed by atoms with Crippen LogP contribution in [0.4, 0.5) is 4.79 Å². The summed E-state index contributed by atoms with van der Waals surface area (Å²) in [5, 5.41) is 8.59. The average molecular weight is 170 g/mol. The van der Waals surface area contributed by atoms with Crippen LogP contribution in [0.15, 0.2) is 0 Å². The maximum atomic E-state index is 10.7. The van der Waals surface area contributed by atoms with Crippen molar-refractivity contribution in [1.29, 1.82) is 0 Å². The number of fused-ring (bicyclic) bond motifs is 1. The number of hydrogen-bond acceptors (Lipinski definition) is 2. The summed E-state index contributed by atoms with van der Waals surface area (Å²) in [6.45, 7) is 0.960. The highest BCUT2D eigenvalue weighted by Crippen LogP contribution is 2.51. The van der Waals surface area contributed by atoms with Crippen LogP contribution in [-0.4, -0.2) is 35.1 Å². The Kier molecular flexibility index (Phi) is 1.31. The molecule has 1 saturated heterocycles. The Hall–Kier alpha value is -1.26. The minimum absolute atomic E-state index is 0.0550. The van der Waals surface area contributed by atoms with Crippen LogP contribution in [0.2, 0.25) is 0 Å². The van der Waals surface area contributed by atoms with E-state index < -0.39 is 6.09 Å². The summed E-state index contributed by atoms with van der Waals surface area (Å²) in [5.41, 5.74) is 5.10. The molecule has 0 spiro atoms. The molecule has 1 aliphatic carbocycles. The van der Waals surface area contributed by atoms with Gasteiger partial charge in [0.25, 0.3) is 0 Å². The molecule has 0 radical (unpaired) electrons. The molecule has 1 heterocycles. The number of likely N-dealkylation sites (tertiary alicyclic amines) is 1. The Morgan fingerprint density at radius 3 is 2.17 bits per heavy atom. The molecule has 3 N–H and O–H groups in total. The topological polar surface area (TPSA) is 83.6 Å². The fourth-order valence-electron chi connectivity index (χ4n) is 2.10. The van der Waals surface area contributed by atoms with Gasteiger partial charge in [-0.1, -0.05) is 0 Å². The van der Waals surface area contributed by atoms with E-state index in [1.807, 2.05) is 0 Å². The zero-order valence-electron chi connectivity index (χ0n) is 6.43. The lowest BCUT2D eigenvalue weighted by Gasteiger charge is -2.14. The standard InChI is InChI=1S/C7H10N2O3/c8-6(10)5-3-1-9(7(11)12)2-4(3)5/h3-5H,1-2H2,(H2,8,10)(H,11,12). The quantitative estimate of drug-likeness (QED) is 0.547. The second-order valence-corrected chi connectivity index (χ2v) is 3.44. The minimum Gasteiger partial charge on any atom is -0.465 e. The summed E-state index contributed by atoms with van der Waals surface area (Å²) in [5.74, 6) is 0.0767. The highest BCUT2D eigenvalue weighted by molar-refractivity contribution is 5.81. The largest absolute Gasteiger partial charge is 0.465 e. The lowest BCUT2D eigenvalue weighted by Crippen LogP contribution is -2.32. The Morgan fingerprint density at radius 1 is 1.33 bits per heavy atom. The molecule has 1 aliphatic heterocycles. The maximum Gasteiger partial charge on any atom is 0.407 e. The van der Waals surface area contributed by atoms with Crippen molar-refractivity contribution in [3.05, 3.63) is 0 Å². The first-order valence-electron chi connectivity index (χ1n) is 3.88. The smallest absolute Gasteiger partial charge is 0.407 e. The van der Waals surface area contributed by atoms with E-state index in [2.05, 4.69) is 0 Å². The van der Waals surface area contributed by atoms with Gasteiger partial charge in [0.05, 0.1) is 0 Å². The Balaban J connectivity index is 1.94. The lowest BCUT2D eigenvalue weighted by molar-refractivity contribution is -0.120. The van der Waals surface area contributed by atoms with Crippen molar-refractivity contribution in [2.24, 2.45) is 23.5 Å². The van der Waals surface area contributed by atoms with Gasteiger partial charge in [-0.25, -0.2) is 4.79 Å². The van der Waals surface area contributed by atoms with Crippen molar-refractivity contribution in [2.75, 3.05) is 13.1 Å². The molecular weight excluding hydrogens is 160 g/mol. The third kappa shape index (κ3) is 0.855. The first-order chi connectivity index (χ1) is 5.61. The minimum atomic E-state index is -0.898. The van der Waals surface area contributed by atoms with Crippen LogP contribution in [0.25, 0.3) is 0 Å². The Labute approximate surface area is 69.1 Å². The molecule has 66 valence electrons. The second-order valence-electron chi connectivity index (χ2n) is 3.44. The molecule has 1 saturated carbocycles. The maximum absolute atomic E-state index is 10.7. The van der Waals surface area contributed by atoms with Gasteiger partial charge in [0, 0.05) is 19.0 Å². The van der Waals surface area contributed by atoms with E-state index in [1.54, 1.807) is 0 Å². The van der Waals surface area contributed by atoms with Gasteiger partial charge in [-0.05, 0) is 11.8 Å². The van der Waals surface area contributed by atoms with Gasteiger partial charge in [0.15, 0.2) is 0 Å². The third-order valence-electron chi connectivity index (χ3n) is 2.79. The molecule has 12 heavy (non-hydrogen) atoms. The van der Waals surface area contributed by atoms with Crippen molar-refractivity contribution < 1.29 is 14.7 Å². The molecule has 0 aromatic heterocycles. The predicted molar refractivity (Wildman–Crippen MR) is 39.3 cm³/mol. The summed E-state index contributed by atoms with van der Waals surface area (Å²) in [7, 11) is 0. The average Bonchev–Trinajstić information content (AvgIpc) is 2.48. The number of rotatable bonds is 1. The summed E-state index contributed by atoms with van der Waals surface area (Å²) >= 11 is 0. The van der Waals surface area contributed by atoms with E-state index in [-0.39, 0.29) is 23.7 Å². The van der Waals surface area contributed by atoms with E-state index in [1.165, 1.54) is 4.90 Å². The first-order valence-corrected chi connectivity index (χ1v) is 3.88. The second kappa shape index (κ2) is 2.12. The molecular formula is C7H10N2O3. The number of nitrogens with two attached hydrogens (primary N) is 1. The third-order valence-corrected chi connectivity index (χ3v) is 2.79. The van der Waals surface area contributed by atoms with Gasteiger partial charge in [-0.15, -0.1) is 0 Å². The van der Waals surface area contributed by atoms with E-state index in [4.69, 9.17) is 10.8 Å². The van der Waals surface area contributed by atoms with Crippen molar-refractivity contribution in [3.63, 3.8) is 0 Å². The summed E-state index contributed by atoms with van der Waals surface area (Å²) in [6, 6.07) is 0. The molecule has 0 bridgehead atoms. The fraction of sp³-hybridized carbons (Fsp3) is 0.714. The monoisotopic (exact) mass is 170 g/mol. The number of nitrogens with zero attached hydrogens (tertiary/aromatic N) is 1. The lowest BCUT2D eigenvalue weighted by atomic mass is 10.2. The summed E-state index contributed by atoms with van der Waals surface area (Å²) in [6.07, 6.45) is -0.898. The highest BCUT2D eigenvalue weighted by Gasteiger charge is 2.59. The number of primary amides is 1. The van der Waals surface area contributed by atoms with Crippen LogP contribution in [0, 0.1) is 17.8 Å². The summed E-state index contributed by atoms with van der Waals surface area (Å²) in [4.78, 5) is 22.5. The SMILES string of the molecule is NC(=O)C1C2CN(C(=O)O)CC21. The number of piperidine rings is 1. The zero-order valence-corrected chi connectivity index (χ0v) is 6.43. The first kappa shape index (κ1) is 7.39. The van der Waals surface area contributed by atoms with Crippen LogP contribution < -0.4 is 5.73 Å². The number of hydrogen-bond donors (Lipinski definition) is 2. The van der Waals surface area contributed by atoms with E-state index in [9.17, 15) is 9.59 Å². The van der Waals surface area contributed by atoms with Gasteiger partial charge in [-0.2, -0.15) is 0 Å². The molecule has 0 aromatic carbocycles. The van der Waals surface area contributed by atoms with Gasteiger partial charge in [0.1, 0.15) is 0 Å². The molecule has 2 aliphatic rings. The van der Waals surface area contributed by atoms with Gasteiger partial charge < -0.3 is 15.7 Å². The van der Waals surface area contributed by atoms with Crippen LogP contribution in [0.3, 0.4) is 0 Å². The van der Waals surface area contributed by atoms with Crippen LogP contribution in [0.1, 0.15) is 0 Å². The highest BCUT2D eigenvalue weighted by atomic mass is 16.4. The normalized spacial score (nSPS) is 37.7. The summed E-state index contributed by atoms with van der Waals surface area (Å²) < 4.78 is 0. The molecule has 2 fully saturated rings. The van der Waals surface area contributed by atoms with Gasteiger partial charge in [0.2, 0.25) is 5.91 Å². The van der Waals surface area contributed by atoms with Crippen LogP contribution in [-0.2, 0) is 4.79 Å². The van der Waals surface area contributed by atoms with Crippen molar-refractivity contribution >= 4 is 12.0 Å². The van der Waals surface area contributed by atoms with E-state index in [0.717, 1.165) is 0 Å². The van der Waals surface area contributed by atoms with E-state index in [0.29, 0.717) is 13.1 Å². The Morgan fingerprint density at radius 2 is 1.83 bits per heavy atom. The molecule has 5 heteroatoms. The van der Waals surface area contributed by atoms with Gasteiger partial charge >= 0.3 is 6.09 Å². The molecule has 2 amide bonds. The molecule has 2 rings (SSSR count). The fourth-order valence-corrected chi connectivity index (χ4v) is 2.10. The number of carboxylic acid groups (broad SMARTS) is 1. The van der Waals surface area contributed by atoms with Crippen LogP contribution >= 0.6 is 0 Å². The zero-order chi connectivity index (χ0) is 8.88. The molecule has 5 nitrogen and oxygen atoms in total. The molecule has 2 unspecified atom stereocenters. The predicted octanol–water partition coefficient (Wildman–Crippen LogP) is -0.673. The van der Waals surface area contributed by atoms with Crippen molar-refractivity contribution in [3.8, 4) is 0 Å². The van der Waals surface area contributed by atoms with Crippen molar-refractivity contribution in [1.82, 2.24) is 4.90 Å².